The van der Waals surface area contributed by atoms with E-state index < -0.39 is 50.4 Å². The highest BCUT2D eigenvalue weighted by Gasteiger charge is 2.54. The summed E-state index contributed by atoms with van der Waals surface area (Å²) in [6.45, 7) is 9.88. The zero-order chi connectivity index (χ0) is 34.3. The van der Waals surface area contributed by atoms with Crippen LogP contribution in [0.5, 0.6) is 11.6 Å². The van der Waals surface area contributed by atoms with Crippen molar-refractivity contribution in [1.29, 1.82) is 0 Å². The number of anilines is 1. The lowest BCUT2D eigenvalue weighted by Crippen LogP contribution is -2.44. The minimum Gasteiger partial charge on any atom is -0.479 e. The van der Waals surface area contributed by atoms with Gasteiger partial charge in [-0.1, -0.05) is 57.2 Å². The van der Waals surface area contributed by atoms with Gasteiger partial charge in [-0.15, -0.1) is 0 Å². The average molecular weight is 673 g/mol. The molecule has 4 aromatic rings. The third-order valence-electron chi connectivity index (χ3n) is 7.61. The lowest BCUT2D eigenvalue weighted by atomic mass is 9.96. The molecule has 0 saturated carbocycles. The predicted molar refractivity (Wildman–Crippen MR) is 173 cm³/mol. The second-order valence-electron chi connectivity index (χ2n) is 12.9. The fourth-order valence-corrected chi connectivity index (χ4v) is 6.74. The Morgan fingerprint density at radius 1 is 1.19 bits per heavy atom. The summed E-state index contributed by atoms with van der Waals surface area (Å²) in [5.41, 5.74) is 4.18. The van der Waals surface area contributed by atoms with E-state index in [4.69, 9.17) is 29.0 Å². The van der Waals surface area contributed by atoms with Gasteiger partial charge in [0.05, 0.1) is 20.3 Å². The van der Waals surface area contributed by atoms with Crippen LogP contribution in [0.25, 0.3) is 21.9 Å². The van der Waals surface area contributed by atoms with Crippen LogP contribution in [-0.4, -0.2) is 79.9 Å². The molecule has 1 saturated heterocycles. The van der Waals surface area contributed by atoms with Gasteiger partial charge in [0.25, 0.3) is 0 Å². The molecule has 15 nitrogen and oxygen atoms in total. The van der Waals surface area contributed by atoms with Gasteiger partial charge < -0.3 is 34.7 Å². The number of ether oxygens (including phenoxy) is 3. The predicted octanol–water partition coefficient (Wildman–Crippen LogP) is 3.66. The van der Waals surface area contributed by atoms with Crippen LogP contribution in [0.2, 0.25) is 0 Å². The third kappa shape index (κ3) is 7.20. The number of aliphatic hydroxyl groups excluding tert-OH is 1. The SMILES string of the molecule is COc1nc(N)nc2c1nc(C)n2C1OC(COP(=O)(NC(C)C(=O)OCC(C)(C)C)Oc2cccc3ccccc23)C(O)C1(C)O. The van der Waals surface area contributed by atoms with Crippen molar-refractivity contribution >= 4 is 41.6 Å². The second kappa shape index (κ2) is 13.0. The lowest BCUT2D eigenvalue weighted by molar-refractivity contribution is -0.148. The molecule has 47 heavy (non-hydrogen) atoms. The van der Waals surface area contributed by atoms with Crippen molar-refractivity contribution in [1.82, 2.24) is 24.6 Å². The summed E-state index contributed by atoms with van der Waals surface area (Å²) in [6.07, 6.45) is -3.99. The van der Waals surface area contributed by atoms with E-state index in [0.29, 0.717) is 11.2 Å². The summed E-state index contributed by atoms with van der Waals surface area (Å²) in [4.78, 5) is 25.6. The van der Waals surface area contributed by atoms with Gasteiger partial charge in [0.1, 0.15) is 35.4 Å². The van der Waals surface area contributed by atoms with Gasteiger partial charge >= 0.3 is 13.7 Å². The van der Waals surface area contributed by atoms with Crippen molar-refractivity contribution in [3.63, 3.8) is 0 Å². The summed E-state index contributed by atoms with van der Waals surface area (Å²) in [5.74, 6) is -0.0313. The van der Waals surface area contributed by atoms with Crippen LogP contribution >= 0.6 is 7.75 Å². The number of carbonyl (C=O) groups is 1. The molecule has 1 fully saturated rings. The van der Waals surface area contributed by atoms with Crippen molar-refractivity contribution in [3.8, 4) is 11.6 Å². The Bertz CT molecular complexity index is 1820. The first-order valence-corrected chi connectivity index (χ1v) is 16.6. The molecular weight excluding hydrogens is 631 g/mol. The molecule has 1 aliphatic rings. The molecule has 6 atom stereocenters. The molecule has 2 aromatic heterocycles. The number of rotatable bonds is 11. The molecule has 0 bridgehead atoms. The van der Waals surface area contributed by atoms with Crippen LogP contribution in [-0.2, 0) is 23.4 Å². The van der Waals surface area contributed by atoms with E-state index in [1.165, 1.54) is 25.5 Å². The Morgan fingerprint density at radius 2 is 1.89 bits per heavy atom. The minimum absolute atomic E-state index is 0.0960. The van der Waals surface area contributed by atoms with Crippen LogP contribution in [0, 0.1) is 12.3 Å². The van der Waals surface area contributed by atoms with Gasteiger partial charge in [-0.25, -0.2) is 9.55 Å². The number of hydrogen-bond donors (Lipinski definition) is 4. The number of carbonyl (C=O) groups excluding carboxylic acids is 1. The molecule has 0 aliphatic carbocycles. The maximum absolute atomic E-state index is 14.4. The zero-order valence-corrected chi connectivity index (χ0v) is 28.2. The number of nitrogens with two attached hydrogens (primary N) is 1. The maximum atomic E-state index is 14.4. The van der Waals surface area contributed by atoms with E-state index in [1.807, 2.05) is 45.0 Å². The Hall–Kier alpha value is -3.85. The number of nitrogens with one attached hydrogen (secondary N) is 1. The Morgan fingerprint density at radius 3 is 2.60 bits per heavy atom. The number of methoxy groups -OCH3 is 1. The van der Waals surface area contributed by atoms with E-state index in [1.54, 1.807) is 25.1 Å². The molecule has 0 radical (unpaired) electrons. The van der Waals surface area contributed by atoms with Crippen LogP contribution in [0.4, 0.5) is 5.95 Å². The summed E-state index contributed by atoms with van der Waals surface area (Å²) in [6, 6.07) is 11.5. The molecule has 0 amide bonds. The van der Waals surface area contributed by atoms with Gasteiger partial charge in [-0.3, -0.25) is 13.9 Å². The largest absolute Gasteiger partial charge is 0.479 e. The van der Waals surface area contributed by atoms with E-state index in [-0.39, 0.29) is 40.8 Å². The summed E-state index contributed by atoms with van der Waals surface area (Å²) in [5, 5.41) is 26.9. The Balaban J connectivity index is 1.42. The first kappa shape index (κ1) is 34.5. The molecule has 16 heteroatoms. The molecule has 3 heterocycles. The molecule has 6 unspecified atom stereocenters. The van der Waals surface area contributed by atoms with E-state index in [2.05, 4.69) is 20.0 Å². The first-order chi connectivity index (χ1) is 22.0. The zero-order valence-electron chi connectivity index (χ0n) is 27.3. The first-order valence-electron chi connectivity index (χ1n) is 15.0. The molecule has 254 valence electrons. The lowest BCUT2D eigenvalue weighted by Gasteiger charge is -2.28. The fraction of sp³-hybridized carbons (Fsp3) is 0.484. The van der Waals surface area contributed by atoms with Crippen LogP contribution < -0.4 is 20.1 Å². The molecule has 0 spiro atoms. The number of benzene rings is 2. The van der Waals surface area contributed by atoms with E-state index >= 15 is 0 Å². The van der Waals surface area contributed by atoms with Crippen molar-refractivity contribution in [3.05, 3.63) is 48.3 Å². The number of fused-ring (bicyclic) bond motifs is 2. The van der Waals surface area contributed by atoms with Crippen molar-refractivity contribution in [2.24, 2.45) is 5.41 Å². The highest BCUT2D eigenvalue weighted by atomic mass is 31.2. The van der Waals surface area contributed by atoms with Crippen LogP contribution in [0.3, 0.4) is 0 Å². The Labute approximate surface area is 271 Å². The van der Waals surface area contributed by atoms with Gasteiger partial charge in [0, 0.05) is 5.39 Å². The van der Waals surface area contributed by atoms with Gasteiger partial charge in [-0.2, -0.15) is 15.1 Å². The van der Waals surface area contributed by atoms with Gasteiger partial charge in [-0.05, 0) is 37.6 Å². The normalized spacial score (nSPS) is 23.5. The van der Waals surface area contributed by atoms with Crippen molar-refractivity contribution in [2.45, 2.75) is 71.6 Å². The summed E-state index contributed by atoms with van der Waals surface area (Å²) in [7, 11) is -2.97. The standard InChI is InChI=1S/C31H41N6O9P/c1-17(27(39)43-16-30(3,4)5)36-47(41,46-21-14-10-12-19-11-8-9-13-20(19)21)44-15-22-24(38)31(6,40)28(45-22)37-18(2)33-23-25(37)34-29(32)35-26(23)42-7/h8-14,17,22,24,28,38,40H,15-16H2,1-7H3,(H,36,41)(H2,32,34,35). The smallest absolute Gasteiger partial charge is 0.459 e. The van der Waals surface area contributed by atoms with E-state index in [0.717, 1.165) is 5.39 Å². The number of imidazole rings is 1. The number of nitrogens with zero attached hydrogens (tertiary/aromatic N) is 4. The van der Waals surface area contributed by atoms with E-state index in [9.17, 15) is 19.6 Å². The highest BCUT2D eigenvalue weighted by molar-refractivity contribution is 7.52. The highest BCUT2D eigenvalue weighted by Crippen LogP contribution is 2.49. The third-order valence-corrected chi connectivity index (χ3v) is 9.24. The van der Waals surface area contributed by atoms with Crippen LogP contribution in [0.1, 0.15) is 46.7 Å². The summed E-state index contributed by atoms with van der Waals surface area (Å²) >= 11 is 0. The molecule has 5 N–H and O–H groups in total. The number of aromatic nitrogens is 4. The number of aryl methyl sites for hydroxylation is 1. The van der Waals surface area contributed by atoms with Gasteiger partial charge in [0.15, 0.2) is 17.4 Å². The van der Waals surface area contributed by atoms with Gasteiger partial charge in [0.2, 0.25) is 11.8 Å². The summed E-state index contributed by atoms with van der Waals surface area (Å²) < 4.78 is 44.6. The number of aliphatic hydroxyl groups is 2. The second-order valence-corrected chi connectivity index (χ2v) is 14.6. The maximum Gasteiger partial charge on any atom is 0.459 e. The average Bonchev–Trinajstić information content (AvgIpc) is 3.44. The molecule has 1 aliphatic heterocycles. The fourth-order valence-electron chi connectivity index (χ4n) is 5.22. The van der Waals surface area contributed by atoms with Crippen molar-refractivity contribution in [2.75, 3.05) is 26.1 Å². The number of esters is 1. The molecular formula is C31H41N6O9P. The monoisotopic (exact) mass is 672 g/mol. The number of nitrogen functional groups attached to an aromatic ring is 1. The topological polar surface area (TPSA) is 202 Å². The molecule has 2 aromatic carbocycles. The van der Waals surface area contributed by atoms with Crippen molar-refractivity contribution < 1.29 is 42.8 Å². The minimum atomic E-state index is -4.38. The Kier molecular flexibility index (Phi) is 9.52. The number of hydrogen-bond acceptors (Lipinski definition) is 13. The van der Waals surface area contributed by atoms with Crippen LogP contribution in [0.15, 0.2) is 42.5 Å². The quantitative estimate of drug-likeness (QED) is 0.133. The molecule has 5 rings (SSSR count).